The molecule has 9 nitrogen and oxygen atoms in total. The number of pyridine rings is 1. The van der Waals surface area contributed by atoms with Crippen molar-refractivity contribution in [3.05, 3.63) is 74.0 Å². The van der Waals surface area contributed by atoms with Crippen LogP contribution in [-0.4, -0.2) is 68.7 Å². The lowest BCUT2D eigenvalue weighted by Gasteiger charge is -2.39. The number of hydrogen-bond acceptors (Lipinski definition) is 8. The number of ether oxygens (including phenoxy) is 2. The summed E-state index contributed by atoms with van der Waals surface area (Å²) in [6.45, 7) is 4.92. The molecule has 3 atom stereocenters. The van der Waals surface area contributed by atoms with E-state index >= 15 is 0 Å². The normalized spacial score (nSPS) is 21.4. The van der Waals surface area contributed by atoms with Crippen LogP contribution in [0.2, 0.25) is 5.02 Å². The Hall–Kier alpha value is -3.52. The summed E-state index contributed by atoms with van der Waals surface area (Å²) in [5, 5.41) is 10.5. The summed E-state index contributed by atoms with van der Waals surface area (Å²) in [4.78, 5) is 38.3. The minimum absolute atomic E-state index is 0.0804. The molecule has 14 heteroatoms. The van der Waals surface area contributed by atoms with Crippen LogP contribution in [0.15, 0.2) is 35.1 Å². The van der Waals surface area contributed by atoms with E-state index < -0.39 is 18.4 Å². The predicted octanol–water partition coefficient (Wildman–Crippen LogP) is 6.60. The molecule has 0 unspecified atom stereocenters. The lowest BCUT2D eigenvalue weighted by molar-refractivity contribution is -0.346. The van der Waals surface area contributed by atoms with Gasteiger partial charge in [0.25, 0.3) is 5.56 Å². The van der Waals surface area contributed by atoms with Crippen LogP contribution < -0.4 is 10.3 Å². The second-order valence-electron chi connectivity index (χ2n) is 12.5. The number of hydrogen-bond donors (Lipinski definition) is 1. The van der Waals surface area contributed by atoms with Crippen molar-refractivity contribution in [2.45, 2.75) is 70.5 Å². The average molecular weight is 689 g/mol. The summed E-state index contributed by atoms with van der Waals surface area (Å²) in [7, 11) is 0. The molecular weight excluding hydrogens is 657 g/mol. The van der Waals surface area contributed by atoms with E-state index in [9.17, 15) is 27.9 Å². The monoisotopic (exact) mass is 688 g/mol. The Labute approximate surface area is 276 Å². The molecule has 7 rings (SSSR count). The molecule has 4 aromatic rings. The first-order valence-corrected chi connectivity index (χ1v) is 16.7. The van der Waals surface area contributed by atoms with Crippen LogP contribution in [0.5, 0.6) is 5.75 Å². The zero-order valence-corrected chi connectivity index (χ0v) is 27.2. The van der Waals surface area contributed by atoms with Gasteiger partial charge in [-0.1, -0.05) is 11.6 Å². The number of halogens is 4. The van der Waals surface area contributed by atoms with Gasteiger partial charge in [-0.3, -0.25) is 24.0 Å². The largest absolute Gasteiger partial charge is 0.522 e. The number of carboxylic acids is 1. The Kier molecular flexibility index (Phi) is 8.30. The fraction of sp³-hybridized carbons (Fsp3) is 0.455. The lowest BCUT2D eigenvalue weighted by Crippen LogP contribution is -2.48. The van der Waals surface area contributed by atoms with Crippen molar-refractivity contribution in [3.8, 4) is 16.2 Å². The number of likely N-dealkylation sites (tertiary alicyclic amines) is 1. The van der Waals surface area contributed by atoms with Gasteiger partial charge in [0, 0.05) is 46.9 Å². The molecule has 2 fully saturated rings. The second-order valence-corrected chi connectivity index (χ2v) is 13.9. The standard InChI is InChI=1S/C33H32ClF3N4O5S/c1-16-3-6-26-29(38-16)27(32(43)44)30(47-26)22-13-18(34)4-5-25(22)45-12-11-41-17(2)39-28-21-14-20(21)24(15-23(28)31(41)42)40-9-7-19(8-10-40)46-33(35,36)37/h3-6,13,19-21,24H,7-12,14-15H2,1-2H3,(H,43,44)/t20-,21+,24+/m0/s1. The first-order chi connectivity index (χ1) is 22.4. The molecule has 2 aliphatic carbocycles. The number of alkyl halides is 3. The van der Waals surface area contributed by atoms with Crippen LogP contribution in [0.3, 0.4) is 0 Å². The number of aromatic carboxylic acids is 1. The number of piperidine rings is 1. The highest BCUT2D eigenvalue weighted by Gasteiger charge is 2.52. The van der Waals surface area contributed by atoms with Gasteiger partial charge in [-0.05, 0) is 75.8 Å². The maximum atomic E-state index is 13.9. The Balaban J connectivity index is 1.10. The van der Waals surface area contributed by atoms with Gasteiger partial charge in [0.1, 0.15) is 23.7 Å². The van der Waals surface area contributed by atoms with Crippen LogP contribution >= 0.6 is 22.9 Å². The lowest BCUT2D eigenvalue weighted by atomic mass is 9.90. The predicted molar refractivity (Wildman–Crippen MR) is 171 cm³/mol. The second kappa shape index (κ2) is 12.2. The van der Waals surface area contributed by atoms with Gasteiger partial charge in [-0.15, -0.1) is 24.5 Å². The summed E-state index contributed by atoms with van der Waals surface area (Å²) in [5.74, 6) is 0.440. The van der Waals surface area contributed by atoms with Crippen molar-refractivity contribution in [2.24, 2.45) is 5.92 Å². The quantitative estimate of drug-likeness (QED) is 0.221. The number of fused-ring (bicyclic) bond motifs is 4. The van der Waals surface area contributed by atoms with Crippen LogP contribution in [0.4, 0.5) is 13.2 Å². The van der Waals surface area contributed by atoms with Gasteiger partial charge in [0.05, 0.1) is 33.4 Å². The number of rotatable bonds is 8. The van der Waals surface area contributed by atoms with Gasteiger partial charge in [-0.25, -0.2) is 9.78 Å². The van der Waals surface area contributed by atoms with E-state index in [0.29, 0.717) is 82.1 Å². The molecule has 1 saturated heterocycles. The highest BCUT2D eigenvalue weighted by molar-refractivity contribution is 7.22. The molecule has 0 bridgehead atoms. The first-order valence-electron chi connectivity index (χ1n) is 15.5. The minimum Gasteiger partial charge on any atom is -0.491 e. The van der Waals surface area contributed by atoms with Crippen LogP contribution in [0.1, 0.15) is 58.3 Å². The van der Waals surface area contributed by atoms with Gasteiger partial charge in [0.15, 0.2) is 0 Å². The van der Waals surface area contributed by atoms with Crippen LogP contribution in [-0.2, 0) is 17.7 Å². The van der Waals surface area contributed by atoms with Crippen molar-refractivity contribution < 1.29 is 32.5 Å². The highest BCUT2D eigenvalue weighted by atomic mass is 35.5. The number of carbonyl (C=O) groups is 1. The van der Waals surface area contributed by atoms with Gasteiger partial charge in [0.2, 0.25) is 0 Å². The molecule has 1 aromatic carbocycles. The summed E-state index contributed by atoms with van der Waals surface area (Å²) < 4.78 is 50.9. The van der Waals surface area contributed by atoms with Gasteiger partial charge < -0.3 is 9.84 Å². The summed E-state index contributed by atoms with van der Waals surface area (Å²) >= 11 is 7.65. The van der Waals surface area contributed by atoms with Crippen molar-refractivity contribution in [2.75, 3.05) is 19.7 Å². The third-order valence-corrected chi connectivity index (χ3v) is 10.9. The van der Waals surface area contributed by atoms with E-state index in [2.05, 4.69) is 14.6 Å². The van der Waals surface area contributed by atoms with Crippen molar-refractivity contribution >= 4 is 39.1 Å². The topological polar surface area (TPSA) is 107 Å². The van der Waals surface area contributed by atoms with Gasteiger partial charge >= 0.3 is 12.3 Å². The van der Waals surface area contributed by atoms with Crippen molar-refractivity contribution in [1.29, 1.82) is 0 Å². The molecule has 1 N–H and O–H groups in total. The molecule has 47 heavy (non-hydrogen) atoms. The third-order valence-electron chi connectivity index (χ3n) is 9.48. The van der Waals surface area contributed by atoms with Crippen molar-refractivity contribution in [3.63, 3.8) is 0 Å². The minimum atomic E-state index is -4.64. The molecule has 248 valence electrons. The zero-order valence-electron chi connectivity index (χ0n) is 25.6. The first kappa shape index (κ1) is 32.0. The maximum Gasteiger partial charge on any atom is 0.522 e. The fourth-order valence-corrected chi connectivity index (χ4v) is 8.55. The van der Waals surface area contributed by atoms with E-state index in [4.69, 9.17) is 21.3 Å². The SMILES string of the molecule is Cc1ccc2sc(-c3cc(Cl)ccc3OCCn3c(C)nc4c(c3=O)C[C@@H](N3CCC(OC(F)(F)F)CC3)[C@H]3C[C@@H]43)c(C(=O)O)c2n1. The highest BCUT2D eigenvalue weighted by Crippen LogP contribution is 2.55. The van der Waals surface area contributed by atoms with E-state index in [1.54, 1.807) is 36.6 Å². The number of aromatic nitrogens is 3. The van der Waals surface area contributed by atoms with Crippen LogP contribution in [0.25, 0.3) is 20.7 Å². The van der Waals surface area contributed by atoms with Crippen molar-refractivity contribution in [1.82, 2.24) is 19.4 Å². The molecule has 0 amide bonds. The summed E-state index contributed by atoms with van der Waals surface area (Å²) in [5.41, 5.74) is 3.09. The Morgan fingerprint density at radius 3 is 2.64 bits per heavy atom. The van der Waals surface area contributed by atoms with Gasteiger partial charge in [-0.2, -0.15) is 0 Å². The molecule has 3 aromatic heterocycles. The number of thiophene rings is 1. The number of carboxylic acid groups (broad SMARTS) is 1. The maximum absolute atomic E-state index is 13.9. The van der Waals surface area contributed by atoms with Crippen LogP contribution in [0, 0.1) is 19.8 Å². The van der Waals surface area contributed by atoms with E-state index in [1.807, 2.05) is 12.1 Å². The van der Waals surface area contributed by atoms with E-state index in [-0.39, 0.29) is 36.2 Å². The Morgan fingerprint density at radius 2 is 1.91 bits per heavy atom. The molecule has 1 aliphatic heterocycles. The summed E-state index contributed by atoms with van der Waals surface area (Å²) in [6.07, 6.45) is -3.45. The molecule has 4 heterocycles. The molecule has 0 spiro atoms. The molecule has 1 saturated carbocycles. The third kappa shape index (κ3) is 6.26. The molecule has 0 radical (unpaired) electrons. The fourth-order valence-electron chi connectivity index (χ4n) is 7.23. The average Bonchev–Trinajstić information content (AvgIpc) is 3.72. The smallest absolute Gasteiger partial charge is 0.491 e. The number of aryl methyl sites for hydroxylation is 2. The molecule has 3 aliphatic rings. The van der Waals surface area contributed by atoms with E-state index in [1.165, 1.54) is 11.3 Å². The zero-order chi connectivity index (χ0) is 33.2. The Bertz CT molecular complexity index is 1940. The summed E-state index contributed by atoms with van der Waals surface area (Å²) in [6, 6.07) is 8.79. The molecular formula is C33H32ClF3N4O5S. The number of nitrogens with zero attached hydrogens (tertiary/aromatic N) is 4. The number of benzene rings is 1. The van der Waals surface area contributed by atoms with E-state index in [0.717, 1.165) is 16.8 Å². The Morgan fingerprint density at radius 1 is 1.15 bits per heavy atom.